The van der Waals surface area contributed by atoms with Crippen LogP contribution < -0.4 is 5.32 Å². The number of nitro groups is 1. The van der Waals surface area contributed by atoms with Gasteiger partial charge in [0.2, 0.25) is 0 Å². The molecule has 0 aliphatic carbocycles. The highest BCUT2D eigenvalue weighted by atomic mass is 79.9. The predicted molar refractivity (Wildman–Crippen MR) is 75.3 cm³/mol. The van der Waals surface area contributed by atoms with Crippen LogP contribution in [-0.4, -0.2) is 22.5 Å². The maximum atomic E-state index is 13.2. The highest BCUT2D eigenvalue weighted by Crippen LogP contribution is 2.30. The molecule has 1 rings (SSSR count). The minimum atomic E-state index is -0.837. The van der Waals surface area contributed by atoms with Gasteiger partial charge in [0.1, 0.15) is 11.5 Å². The molecule has 0 atom stereocenters. The molecule has 0 heterocycles. The van der Waals surface area contributed by atoms with Crippen molar-refractivity contribution in [3.63, 3.8) is 0 Å². The summed E-state index contributed by atoms with van der Waals surface area (Å²) in [7, 11) is 0. The summed E-state index contributed by atoms with van der Waals surface area (Å²) >= 11 is 2.98. The van der Waals surface area contributed by atoms with E-state index < -0.39 is 16.7 Å². The fourth-order valence-corrected chi connectivity index (χ4v) is 1.97. The van der Waals surface area contributed by atoms with Crippen LogP contribution in [0.15, 0.2) is 16.6 Å². The van der Waals surface area contributed by atoms with Gasteiger partial charge in [-0.2, -0.15) is 0 Å². The maximum absolute atomic E-state index is 13.2. The minimum absolute atomic E-state index is 0.113. The summed E-state index contributed by atoms with van der Waals surface area (Å²) in [6.45, 7) is 0.457. The van der Waals surface area contributed by atoms with E-state index in [0.717, 1.165) is 6.07 Å². The minimum Gasteiger partial charge on any atom is -0.481 e. The fourth-order valence-electron chi connectivity index (χ4n) is 1.63. The zero-order valence-electron chi connectivity index (χ0n) is 10.6. The average Bonchev–Trinajstić information content (AvgIpc) is 2.36. The van der Waals surface area contributed by atoms with Crippen LogP contribution in [-0.2, 0) is 4.79 Å². The largest absolute Gasteiger partial charge is 0.481 e. The van der Waals surface area contributed by atoms with Gasteiger partial charge in [-0.05, 0) is 34.8 Å². The Kier molecular flexibility index (Phi) is 6.37. The number of nitro benzene ring substituents is 1. The number of unbranched alkanes of at least 4 members (excludes halogenated alkanes) is 2. The number of hydrogen-bond donors (Lipinski definition) is 2. The van der Waals surface area contributed by atoms with Crippen molar-refractivity contribution >= 4 is 33.3 Å². The lowest BCUT2D eigenvalue weighted by Gasteiger charge is -2.08. The first-order chi connectivity index (χ1) is 9.41. The van der Waals surface area contributed by atoms with E-state index in [1.807, 2.05) is 0 Å². The molecule has 0 aliphatic rings. The summed E-state index contributed by atoms with van der Waals surface area (Å²) in [6, 6.07) is 2.18. The molecule has 1 aromatic carbocycles. The highest BCUT2D eigenvalue weighted by Gasteiger charge is 2.17. The Morgan fingerprint density at radius 2 is 2.10 bits per heavy atom. The third-order valence-electron chi connectivity index (χ3n) is 2.62. The van der Waals surface area contributed by atoms with Crippen LogP contribution in [0.4, 0.5) is 15.8 Å². The Morgan fingerprint density at radius 3 is 2.70 bits per heavy atom. The van der Waals surface area contributed by atoms with E-state index in [1.54, 1.807) is 0 Å². The molecule has 0 amide bonds. The fraction of sp³-hybridized carbons (Fsp3) is 0.417. The van der Waals surface area contributed by atoms with Crippen LogP contribution in [0.25, 0.3) is 0 Å². The lowest BCUT2D eigenvalue weighted by Crippen LogP contribution is -2.05. The molecule has 0 saturated carbocycles. The first kappa shape index (κ1) is 16.4. The van der Waals surface area contributed by atoms with Crippen molar-refractivity contribution in [2.24, 2.45) is 0 Å². The average molecular weight is 349 g/mol. The second-order valence-electron chi connectivity index (χ2n) is 4.17. The molecule has 0 aliphatic heterocycles. The first-order valence-electron chi connectivity index (χ1n) is 6.01. The van der Waals surface area contributed by atoms with Gasteiger partial charge in [-0.25, -0.2) is 4.39 Å². The number of carboxylic acid groups (broad SMARTS) is 1. The number of carboxylic acids is 1. The lowest BCUT2D eigenvalue weighted by molar-refractivity contribution is -0.384. The first-order valence-corrected chi connectivity index (χ1v) is 6.80. The number of carbonyl (C=O) groups is 1. The van der Waals surface area contributed by atoms with E-state index in [-0.39, 0.29) is 22.3 Å². The van der Waals surface area contributed by atoms with Crippen LogP contribution in [0.1, 0.15) is 25.7 Å². The van der Waals surface area contributed by atoms with Gasteiger partial charge in [-0.3, -0.25) is 14.9 Å². The third-order valence-corrected chi connectivity index (χ3v) is 3.23. The zero-order chi connectivity index (χ0) is 15.1. The number of halogens is 2. The van der Waals surface area contributed by atoms with E-state index in [4.69, 9.17) is 5.11 Å². The van der Waals surface area contributed by atoms with Crippen LogP contribution in [0.3, 0.4) is 0 Å². The van der Waals surface area contributed by atoms with Gasteiger partial charge in [0.15, 0.2) is 0 Å². The number of hydrogen-bond acceptors (Lipinski definition) is 4. The Hall–Kier alpha value is -1.70. The molecule has 0 bridgehead atoms. The van der Waals surface area contributed by atoms with Gasteiger partial charge in [0.05, 0.1) is 15.5 Å². The number of nitrogens with one attached hydrogen (secondary N) is 1. The second kappa shape index (κ2) is 7.78. The molecule has 20 heavy (non-hydrogen) atoms. The van der Waals surface area contributed by atoms with Crippen molar-refractivity contribution in [3.8, 4) is 0 Å². The van der Waals surface area contributed by atoms with E-state index in [0.29, 0.717) is 25.8 Å². The normalized spacial score (nSPS) is 10.3. The third kappa shape index (κ3) is 5.12. The van der Waals surface area contributed by atoms with Gasteiger partial charge in [0, 0.05) is 13.0 Å². The van der Waals surface area contributed by atoms with Gasteiger partial charge in [-0.15, -0.1) is 0 Å². The molecule has 0 aromatic heterocycles. The maximum Gasteiger partial charge on any atom is 0.303 e. The Morgan fingerprint density at radius 1 is 1.40 bits per heavy atom. The molecule has 0 fully saturated rings. The van der Waals surface area contributed by atoms with Crippen molar-refractivity contribution in [1.29, 1.82) is 0 Å². The summed E-state index contributed by atoms with van der Waals surface area (Å²) in [4.78, 5) is 20.5. The number of anilines is 1. The van der Waals surface area contributed by atoms with E-state index in [9.17, 15) is 19.3 Å². The molecular weight excluding hydrogens is 335 g/mol. The quantitative estimate of drug-likeness (QED) is 0.425. The summed E-state index contributed by atoms with van der Waals surface area (Å²) in [5.74, 6) is -1.53. The van der Waals surface area contributed by atoms with Crippen molar-refractivity contribution < 1.29 is 19.2 Å². The van der Waals surface area contributed by atoms with Gasteiger partial charge >= 0.3 is 5.97 Å². The summed E-state index contributed by atoms with van der Waals surface area (Å²) in [6.07, 6.45) is 2.06. The topological polar surface area (TPSA) is 92.5 Å². The molecule has 0 spiro atoms. The molecule has 6 nitrogen and oxygen atoms in total. The Bertz CT molecular complexity index is 510. The molecule has 8 heteroatoms. The molecule has 0 unspecified atom stereocenters. The Labute approximate surface area is 123 Å². The lowest BCUT2D eigenvalue weighted by atomic mass is 10.2. The molecule has 1 aromatic rings. The van der Waals surface area contributed by atoms with Crippen LogP contribution in [0.5, 0.6) is 0 Å². The van der Waals surface area contributed by atoms with E-state index >= 15 is 0 Å². The van der Waals surface area contributed by atoms with Crippen molar-refractivity contribution in [1.82, 2.24) is 0 Å². The van der Waals surface area contributed by atoms with Crippen molar-refractivity contribution in [3.05, 3.63) is 32.5 Å². The second-order valence-corrected chi connectivity index (χ2v) is 5.03. The standard InChI is InChI=1S/C12H14BrFN2O4/c13-8-6-10(11(16(19)20)7-9(8)14)15-5-3-1-2-4-12(17)18/h6-7,15H,1-5H2,(H,17,18). The van der Waals surface area contributed by atoms with Crippen molar-refractivity contribution in [2.45, 2.75) is 25.7 Å². The smallest absolute Gasteiger partial charge is 0.303 e. The van der Waals surface area contributed by atoms with Crippen LogP contribution in [0.2, 0.25) is 0 Å². The number of aliphatic carboxylic acids is 1. The molecule has 0 radical (unpaired) electrons. The SMILES string of the molecule is O=C(O)CCCCCNc1cc(Br)c(F)cc1[N+](=O)[O-]. The predicted octanol–water partition coefficient (Wildman–Crippen LogP) is 3.55. The Balaban J connectivity index is 2.53. The van der Waals surface area contributed by atoms with Crippen molar-refractivity contribution in [2.75, 3.05) is 11.9 Å². The van der Waals surface area contributed by atoms with Gasteiger partial charge in [-0.1, -0.05) is 6.42 Å². The molecular formula is C12H14BrFN2O4. The number of benzene rings is 1. The summed E-state index contributed by atoms with van der Waals surface area (Å²) < 4.78 is 13.4. The van der Waals surface area contributed by atoms with Gasteiger partial charge < -0.3 is 10.4 Å². The molecule has 2 N–H and O–H groups in total. The number of rotatable bonds is 8. The number of nitrogens with zero attached hydrogens (tertiary/aromatic N) is 1. The van der Waals surface area contributed by atoms with E-state index in [1.165, 1.54) is 6.07 Å². The van der Waals surface area contributed by atoms with Crippen LogP contribution >= 0.6 is 15.9 Å². The monoisotopic (exact) mass is 348 g/mol. The van der Waals surface area contributed by atoms with E-state index in [2.05, 4.69) is 21.2 Å². The summed E-state index contributed by atoms with van der Waals surface area (Å²) in [5.41, 5.74) is -0.0854. The van der Waals surface area contributed by atoms with Crippen LogP contribution in [0, 0.1) is 15.9 Å². The summed E-state index contributed by atoms with van der Waals surface area (Å²) in [5, 5.41) is 22.1. The molecule has 0 saturated heterocycles. The zero-order valence-corrected chi connectivity index (χ0v) is 12.2. The molecule has 110 valence electrons. The van der Waals surface area contributed by atoms with Gasteiger partial charge in [0.25, 0.3) is 5.69 Å². The highest BCUT2D eigenvalue weighted by molar-refractivity contribution is 9.10.